The van der Waals surface area contributed by atoms with Gasteiger partial charge in [-0.1, -0.05) is 0 Å². The first kappa shape index (κ1) is 24.6. The van der Waals surface area contributed by atoms with E-state index < -0.39 is 15.3 Å². The van der Waals surface area contributed by atoms with Crippen molar-refractivity contribution in [3.63, 3.8) is 0 Å². The normalized spacial score (nSPS) is 19.9. The minimum absolute atomic E-state index is 0.0470. The number of anilines is 2. The Morgan fingerprint density at radius 1 is 1.13 bits per heavy atom. The van der Waals surface area contributed by atoms with Gasteiger partial charge in [0.25, 0.3) is 0 Å². The van der Waals surface area contributed by atoms with Crippen LogP contribution in [0.2, 0.25) is 0 Å². The van der Waals surface area contributed by atoms with E-state index in [0.29, 0.717) is 25.8 Å². The molecule has 2 N–H and O–H groups in total. The number of sulfonamides is 1. The minimum Gasteiger partial charge on any atom is -0.372 e. The lowest BCUT2D eigenvalue weighted by Crippen LogP contribution is -2.45. The van der Waals surface area contributed by atoms with E-state index in [4.69, 9.17) is 4.74 Å². The van der Waals surface area contributed by atoms with Gasteiger partial charge in [0.05, 0.1) is 17.5 Å². The van der Waals surface area contributed by atoms with Crippen LogP contribution in [0.15, 0.2) is 12.1 Å². The fourth-order valence-corrected chi connectivity index (χ4v) is 4.46. The summed E-state index contributed by atoms with van der Waals surface area (Å²) in [6.07, 6.45) is 2.01. The summed E-state index contributed by atoms with van der Waals surface area (Å²) in [6.45, 7) is 13.6. The van der Waals surface area contributed by atoms with Gasteiger partial charge in [0.2, 0.25) is 15.9 Å². The predicted octanol–water partition coefficient (Wildman–Crippen LogP) is 3.35. The molecule has 1 heterocycles. The van der Waals surface area contributed by atoms with Crippen LogP contribution in [0.5, 0.6) is 0 Å². The molecule has 0 spiro atoms. The van der Waals surface area contributed by atoms with Gasteiger partial charge in [-0.05, 0) is 77.6 Å². The zero-order valence-electron chi connectivity index (χ0n) is 19.1. The molecule has 1 aromatic rings. The Bertz CT molecular complexity index is 806. The maximum absolute atomic E-state index is 12.4. The second kappa shape index (κ2) is 10.6. The highest BCUT2D eigenvalue weighted by Gasteiger charge is 2.23. The third-order valence-electron chi connectivity index (χ3n) is 5.32. The molecule has 1 amide bonds. The number of carbonyl (C=O) groups is 1. The molecule has 30 heavy (non-hydrogen) atoms. The molecule has 0 aliphatic carbocycles. The number of nitrogens with zero attached hydrogens (tertiary/aromatic N) is 1. The summed E-state index contributed by atoms with van der Waals surface area (Å²) in [5, 5.41) is 2.59. The molecule has 1 saturated heterocycles. The lowest BCUT2D eigenvalue weighted by Gasteiger charge is -2.37. The number of morpholine rings is 1. The van der Waals surface area contributed by atoms with Crippen LogP contribution in [0, 0.1) is 13.8 Å². The van der Waals surface area contributed by atoms with Crippen molar-refractivity contribution in [2.75, 3.05) is 29.9 Å². The van der Waals surface area contributed by atoms with E-state index in [2.05, 4.69) is 40.9 Å². The van der Waals surface area contributed by atoms with Crippen molar-refractivity contribution in [3.8, 4) is 0 Å². The SMILES string of the molecule is Cc1cc(N2CC(C)OC(C)C2)cc(C)c1NC(=O)CCCCNS(=O)(=O)C(C)C. The van der Waals surface area contributed by atoms with Crippen molar-refractivity contribution < 1.29 is 17.9 Å². The molecule has 2 rings (SSSR count). The zero-order valence-corrected chi connectivity index (χ0v) is 19.9. The monoisotopic (exact) mass is 439 g/mol. The van der Waals surface area contributed by atoms with Crippen LogP contribution in [-0.2, 0) is 19.6 Å². The van der Waals surface area contributed by atoms with E-state index in [1.165, 1.54) is 0 Å². The second-order valence-electron chi connectivity index (χ2n) is 8.61. The van der Waals surface area contributed by atoms with E-state index in [0.717, 1.165) is 35.6 Å². The summed E-state index contributed by atoms with van der Waals surface area (Å²) in [4.78, 5) is 14.7. The fourth-order valence-electron chi connectivity index (χ4n) is 3.70. The van der Waals surface area contributed by atoms with E-state index in [1.54, 1.807) is 13.8 Å². The standard InChI is InChI=1S/C22H37N3O4S/c1-15(2)30(27,28)23-10-8-7-9-21(26)24-22-16(3)11-20(12-17(22)4)25-13-18(5)29-19(6)14-25/h11-12,15,18-19,23H,7-10,13-14H2,1-6H3,(H,24,26). The van der Waals surface area contributed by atoms with Crippen LogP contribution >= 0.6 is 0 Å². The Morgan fingerprint density at radius 2 is 1.70 bits per heavy atom. The lowest BCUT2D eigenvalue weighted by atomic mass is 10.1. The summed E-state index contributed by atoms with van der Waals surface area (Å²) in [5.74, 6) is -0.0470. The van der Waals surface area contributed by atoms with Gasteiger partial charge in [-0.2, -0.15) is 0 Å². The van der Waals surface area contributed by atoms with Crippen LogP contribution < -0.4 is 14.9 Å². The van der Waals surface area contributed by atoms with Gasteiger partial charge in [0.15, 0.2) is 0 Å². The molecule has 8 heteroatoms. The Hall–Kier alpha value is -1.64. The van der Waals surface area contributed by atoms with Crippen molar-refractivity contribution in [1.82, 2.24) is 4.72 Å². The van der Waals surface area contributed by atoms with Gasteiger partial charge in [-0.25, -0.2) is 13.1 Å². The smallest absolute Gasteiger partial charge is 0.224 e. The minimum atomic E-state index is -3.24. The average molecular weight is 440 g/mol. The first-order valence-corrected chi connectivity index (χ1v) is 12.3. The maximum Gasteiger partial charge on any atom is 0.224 e. The molecule has 0 radical (unpaired) electrons. The van der Waals surface area contributed by atoms with Crippen LogP contribution in [0.25, 0.3) is 0 Å². The average Bonchev–Trinajstić information content (AvgIpc) is 2.63. The molecule has 1 fully saturated rings. The van der Waals surface area contributed by atoms with Crippen LogP contribution in [0.3, 0.4) is 0 Å². The fraction of sp³-hybridized carbons (Fsp3) is 0.682. The van der Waals surface area contributed by atoms with Gasteiger partial charge in [-0.3, -0.25) is 4.79 Å². The van der Waals surface area contributed by atoms with Crippen LogP contribution in [0.1, 0.15) is 58.1 Å². The first-order valence-electron chi connectivity index (χ1n) is 10.8. The molecule has 7 nitrogen and oxygen atoms in total. The number of amides is 1. The molecule has 2 unspecified atom stereocenters. The summed E-state index contributed by atoms with van der Waals surface area (Å²) in [6, 6.07) is 4.24. The van der Waals surface area contributed by atoms with Gasteiger partial charge in [-0.15, -0.1) is 0 Å². The van der Waals surface area contributed by atoms with E-state index in [1.807, 2.05) is 13.8 Å². The van der Waals surface area contributed by atoms with Crippen molar-refractivity contribution >= 4 is 27.3 Å². The number of benzene rings is 1. The van der Waals surface area contributed by atoms with Crippen molar-refractivity contribution in [3.05, 3.63) is 23.3 Å². The van der Waals surface area contributed by atoms with Gasteiger partial charge in [0, 0.05) is 37.4 Å². The topological polar surface area (TPSA) is 87.7 Å². The Morgan fingerprint density at radius 3 is 2.23 bits per heavy atom. The first-order chi connectivity index (χ1) is 14.0. The predicted molar refractivity (Wildman–Crippen MR) is 123 cm³/mol. The number of aryl methyl sites for hydroxylation is 2. The molecule has 2 atom stereocenters. The quantitative estimate of drug-likeness (QED) is 0.576. The van der Waals surface area contributed by atoms with Gasteiger partial charge < -0.3 is 15.0 Å². The van der Waals surface area contributed by atoms with Crippen molar-refractivity contribution in [1.29, 1.82) is 0 Å². The highest BCUT2D eigenvalue weighted by Crippen LogP contribution is 2.29. The molecule has 0 aromatic heterocycles. The van der Waals surface area contributed by atoms with E-state index >= 15 is 0 Å². The van der Waals surface area contributed by atoms with Gasteiger partial charge in [0.1, 0.15) is 0 Å². The third kappa shape index (κ3) is 6.96. The Balaban J connectivity index is 1.88. The third-order valence-corrected chi connectivity index (χ3v) is 7.17. The number of hydrogen-bond acceptors (Lipinski definition) is 5. The van der Waals surface area contributed by atoms with E-state index in [-0.39, 0.29) is 18.1 Å². The van der Waals surface area contributed by atoms with Crippen LogP contribution in [-0.4, -0.2) is 51.4 Å². The number of nitrogens with one attached hydrogen (secondary N) is 2. The highest BCUT2D eigenvalue weighted by molar-refractivity contribution is 7.90. The number of ether oxygens (including phenoxy) is 1. The molecule has 1 aliphatic heterocycles. The largest absolute Gasteiger partial charge is 0.372 e. The summed E-state index contributed by atoms with van der Waals surface area (Å²) in [5.41, 5.74) is 4.09. The molecule has 0 saturated carbocycles. The number of unbranched alkanes of at least 4 members (excludes halogenated alkanes) is 1. The molecular weight excluding hydrogens is 402 g/mol. The molecule has 170 valence electrons. The van der Waals surface area contributed by atoms with E-state index in [9.17, 15) is 13.2 Å². The molecule has 1 aromatic carbocycles. The maximum atomic E-state index is 12.4. The van der Waals surface area contributed by atoms with Crippen LogP contribution in [0.4, 0.5) is 11.4 Å². The second-order valence-corrected chi connectivity index (χ2v) is 10.9. The lowest BCUT2D eigenvalue weighted by molar-refractivity contribution is -0.116. The summed E-state index contributed by atoms with van der Waals surface area (Å²) < 4.78 is 31.8. The van der Waals surface area contributed by atoms with Crippen molar-refractivity contribution in [2.45, 2.75) is 78.3 Å². The van der Waals surface area contributed by atoms with Gasteiger partial charge >= 0.3 is 0 Å². The zero-order chi connectivity index (χ0) is 22.5. The molecule has 0 bridgehead atoms. The molecule has 1 aliphatic rings. The number of hydrogen-bond donors (Lipinski definition) is 2. The number of rotatable bonds is 9. The Kier molecular flexibility index (Phi) is 8.70. The van der Waals surface area contributed by atoms with Crippen molar-refractivity contribution in [2.24, 2.45) is 0 Å². The Labute approximate surface area is 181 Å². The molecular formula is C22H37N3O4S. The summed E-state index contributed by atoms with van der Waals surface area (Å²) >= 11 is 0. The summed E-state index contributed by atoms with van der Waals surface area (Å²) in [7, 11) is -3.24. The highest BCUT2D eigenvalue weighted by atomic mass is 32.2. The number of carbonyl (C=O) groups excluding carboxylic acids is 1.